The van der Waals surface area contributed by atoms with Gasteiger partial charge >= 0.3 is 0 Å². The van der Waals surface area contributed by atoms with E-state index in [0.29, 0.717) is 25.1 Å². The summed E-state index contributed by atoms with van der Waals surface area (Å²) in [7, 11) is 0. The van der Waals surface area contributed by atoms with Crippen molar-refractivity contribution in [3.63, 3.8) is 0 Å². The zero-order valence-corrected chi connectivity index (χ0v) is 16.3. The van der Waals surface area contributed by atoms with Crippen molar-refractivity contribution >= 4 is 17.7 Å². The number of amides is 3. The number of morpholine rings is 1. The molecule has 2 aliphatic rings. The van der Waals surface area contributed by atoms with Crippen LogP contribution in [0.25, 0.3) is 0 Å². The van der Waals surface area contributed by atoms with Crippen LogP contribution in [0.4, 0.5) is 0 Å². The first-order valence-corrected chi connectivity index (χ1v) is 9.92. The SMILES string of the molecule is CC1CN(C(=O)c2ccc(CC3CC(=O)NC3=O)cc2)CC(c2ccccc2)O1. The summed E-state index contributed by atoms with van der Waals surface area (Å²) < 4.78 is 6.04. The Morgan fingerprint density at radius 2 is 1.79 bits per heavy atom. The number of imide groups is 1. The van der Waals surface area contributed by atoms with Crippen molar-refractivity contribution in [1.29, 1.82) is 0 Å². The highest BCUT2D eigenvalue weighted by atomic mass is 16.5. The molecule has 2 aromatic carbocycles. The fourth-order valence-corrected chi connectivity index (χ4v) is 3.99. The Morgan fingerprint density at radius 1 is 1.07 bits per heavy atom. The Balaban J connectivity index is 1.43. The zero-order valence-electron chi connectivity index (χ0n) is 16.3. The average Bonchev–Trinajstić information content (AvgIpc) is 3.05. The van der Waals surface area contributed by atoms with Gasteiger partial charge in [-0.25, -0.2) is 0 Å². The number of hydrogen-bond donors (Lipinski definition) is 1. The van der Waals surface area contributed by atoms with Crippen LogP contribution in [-0.2, 0) is 20.7 Å². The van der Waals surface area contributed by atoms with Crippen LogP contribution in [0.2, 0.25) is 0 Å². The molecular weight excluding hydrogens is 368 g/mol. The molecule has 0 spiro atoms. The molecular formula is C23H24N2O4. The predicted octanol–water partition coefficient (Wildman–Crippen LogP) is 2.49. The number of ether oxygens (including phenoxy) is 1. The lowest BCUT2D eigenvalue weighted by molar-refractivity contribution is -0.125. The molecule has 3 unspecified atom stereocenters. The molecule has 2 saturated heterocycles. The molecule has 2 aromatic rings. The molecule has 2 aliphatic heterocycles. The number of rotatable bonds is 4. The maximum atomic E-state index is 13.0. The summed E-state index contributed by atoms with van der Waals surface area (Å²) in [6.45, 7) is 3.04. The minimum atomic E-state index is -0.323. The van der Waals surface area contributed by atoms with E-state index < -0.39 is 0 Å². The third-order valence-corrected chi connectivity index (χ3v) is 5.47. The molecule has 3 amide bonds. The number of carbonyl (C=O) groups excluding carboxylic acids is 3. The summed E-state index contributed by atoms with van der Waals surface area (Å²) >= 11 is 0. The Labute approximate surface area is 169 Å². The van der Waals surface area contributed by atoms with Crippen molar-refractivity contribution in [3.05, 3.63) is 71.3 Å². The second-order valence-electron chi connectivity index (χ2n) is 7.77. The summed E-state index contributed by atoms with van der Waals surface area (Å²) in [6, 6.07) is 17.3. The Morgan fingerprint density at radius 3 is 2.45 bits per heavy atom. The highest BCUT2D eigenvalue weighted by Gasteiger charge is 2.31. The van der Waals surface area contributed by atoms with Crippen LogP contribution >= 0.6 is 0 Å². The van der Waals surface area contributed by atoms with Crippen molar-refractivity contribution in [2.24, 2.45) is 5.92 Å². The largest absolute Gasteiger partial charge is 0.367 e. The van der Waals surface area contributed by atoms with Gasteiger partial charge in [-0.05, 0) is 36.6 Å². The molecule has 2 heterocycles. The van der Waals surface area contributed by atoms with E-state index in [9.17, 15) is 14.4 Å². The fourth-order valence-electron chi connectivity index (χ4n) is 3.99. The van der Waals surface area contributed by atoms with E-state index in [-0.39, 0.29) is 42.3 Å². The molecule has 1 N–H and O–H groups in total. The van der Waals surface area contributed by atoms with Crippen LogP contribution in [0.15, 0.2) is 54.6 Å². The van der Waals surface area contributed by atoms with Gasteiger partial charge in [-0.1, -0.05) is 42.5 Å². The van der Waals surface area contributed by atoms with E-state index in [1.165, 1.54) is 0 Å². The van der Waals surface area contributed by atoms with Gasteiger partial charge in [0.25, 0.3) is 5.91 Å². The van der Waals surface area contributed by atoms with Gasteiger partial charge in [0.05, 0.1) is 18.6 Å². The monoisotopic (exact) mass is 392 g/mol. The smallest absolute Gasteiger partial charge is 0.254 e. The second kappa shape index (κ2) is 8.17. The maximum absolute atomic E-state index is 13.0. The van der Waals surface area contributed by atoms with Gasteiger partial charge < -0.3 is 9.64 Å². The van der Waals surface area contributed by atoms with Gasteiger partial charge in [-0.3, -0.25) is 19.7 Å². The van der Waals surface area contributed by atoms with E-state index in [1.807, 2.05) is 54.3 Å². The van der Waals surface area contributed by atoms with E-state index in [1.54, 1.807) is 12.1 Å². The molecule has 0 aliphatic carbocycles. The van der Waals surface area contributed by atoms with E-state index in [2.05, 4.69) is 5.32 Å². The number of benzene rings is 2. The first kappa shape index (κ1) is 19.3. The summed E-state index contributed by atoms with van der Waals surface area (Å²) in [5, 5.41) is 2.33. The lowest BCUT2D eigenvalue weighted by Gasteiger charge is -2.37. The highest BCUT2D eigenvalue weighted by Crippen LogP contribution is 2.26. The van der Waals surface area contributed by atoms with Crippen LogP contribution in [-0.4, -0.2) is 41.8 Å². The summed E-state index contributed by atoms with van der Waals surface area (Å²) in [5.41, 5.74) is 2.62. The lowest BCUT2D eigenvalue weighted by atomic mass is 9.97. The van der Waals surface area contributed by atoms with Crippen LogP contribution in [0.5, 0.6) is 0 Å². The van der Waals surface area contributed by atoms with Crippen LogP contribution in [0, 0.1) is 5.92 Å². The van der Waals surface area contributed by atoms with Crippen molar-refractivity contribution in [3.8, 4) is 0 Å². The highest BCUT2D eigenvalue weighted by molar-refractivity contribution is 6.03. The lowest BCUT2D eigenvalue weighted by Crippen LogP contribution is -2.45. The molecule has 4 rings (SSSR count). The number of nitrogens with one attached hydrogen (secondary N) is 1. The van der Waals surface area contributed by atoms with E-state index in [4.69, 9.17) is 4.74 Å². The number of hydrogen-bond acceptors (Lipinski definition) is 4. The molecule has 2 fully saturated rings. The van der Waals surface area contributed by atoms with Gasteiger partial charge in [-0.2, -0.15) is 0 Å². The molecule has 150 valence electrons. The van der Waals surface area contributed by atoms with Crippen LogP contribution in [0.1, 0.15) is 40.9 Å². The Bertz CT molecular complexity index is 910. The van der Waals surface area contributed by atoms with Crippen LogP contribution in [0.3, 0.4) is 0 Å². The molecule has 0 saturated carbocycles. The molecule has 6 nitrogen and oxygen atoms in total. The Kier molecular flexibility index (Phi) is 5.45. The molecule has 0 aromatic heterocycles. The second-order valence-corrected chi connectivity index (χ2v) is 7.77. The quantitative estimate of drug-likeness (QED) is 0.812. The zero-order chi connectivity index (χ0) is 20.4. The van der Waals surface area contributed by atoms with E-state index >= 15 is 0 Å². The third kappa shape index (κ3) is 4.38. The number of carbonyl (C=O) groups is 3. The predicted molar refractivity (Wildman–Crippen MR) is 107 cm³/mol. The molecule has 6 heteroatoms. The maximum Gasteiger partial charge on any atom is 0.254 e. The summed E-state index contributed by atoms with van der Waals surface area (Å²) in [6.07, 6.45) is 0.542. The molecule has 0 radical (unpaired) electrons. The average molecular weight is 392 g/mol. The van der Waals surface area contributed by atoms with Crippen molar-refractivity contribution in [1.82, 2.24) is 10.2 Å². The Hall–Kier alpha value is -2.99. The topological polar surface area (TPSA) is 75.7 Å². The first-order valence-electron chi connectivity index (χ1n) is 9.92. The van der Waals surface area contributed by atoms with Gasteiger partial charge in [0.2, 0.25) is 11.8 Å². The van der Waals surface area contributed by atoms with Crippen molar-refractivity contribution < 1.29 is 19.1 Å². The number of nitrogens with zero attached hydrogens (tertiary/aromatic N) is 1. The van der Waals surface area contributed by atoms with Crippen molar-refractivity contribution in [2.75, 3.05) is 13.1 Å². The minimum absolute atomic E-state index is 0.0265. The third-order valence-electron chi connectivity index (χ3n) is 5.47. The molecule has 0 bridgehead atoms. The van der Waals surface area contributed by atoms with Crippen molar-refractivity contribution in [2.45, 2.75) is 32.0 Å². The van der Waals surface area contributed by atoms with Gasteiger partial charge in [0.1, 0.15) is 6.10 Å². The fraction of sp³-hybridized carbons (Fsp3) is 0.348. The first-order chi connectivity index (χ1) is 14.0. The summed E-state index contributed by atoms with van der Waals surface area (Å²) in [4.78, 5) is 38.0. The normalized spacial score (nSPS) is 24.4. The summed E-state index contributed by atoms with van der Waals surface area (Å²) in [5.74, 6) is -0.789. The van der Waals surface area contributed by atoms with Gasteiger partial charge in [0, 0.05) is 18.5 Å². The van der Waals surface area contributed by atoms with Gasteiger partial charge in [0.15, 0.2) is 0 Å². The minimum Gasteiger partial charge on any atom is -0.367 e. The molecule has 29 heavy (non-hydrogen) atoms. The van der Waals surface area contributed by atoms with Gasteiger partial charge in [-0.15, -0.1) is 0 Å². The molecule has 3 atom stereocenters. The van der Waals surface area contributed by atoms with Crippen LogP contribution < -0.4 is 5.32 Å². The standard InChI is InChI=1S/C23H24N2O4/c1-15-13-25(14-20(29-15)17-5-3-2-4-6-17)23(28)18-9-7-16(8-10-18)11-19-12-21(26)24-22(19)27/h2-10,15,19-20H,11-14H2,1H3,(H,24,26,27). The van der Waals surface area contributed by atoms with E-state index in [0.717, 1.165) is 11.1 Å².